The third-order valence-electron chi connectivity index (χ3n) is 12.1. The van der Waals surface area contributed by atoms with Gasteiger partial charge in [-0.2, -0.15) is 0 Å². The first-order chi connectivity index (χ1) is 31.7. The van der Waals surface area contributed by atoms with Crippen LogP contribution in [0.15, 0.2) is 231 Å². The lowest BCUT2D eigenvalue weighted by Crippen LogP contribution is -2.09. The SMILES string of the molecule is c1ccc(-c2ccc(-c3nc(-c4ccccc4)nc(-c4ccc5c(-c6ccc(N(c7ccccc7)c7ccc8ccccc8c7)cc6)cc6c7ccccc7sc6c5c4)n3)cc2)cc1. The Morgan fingerprint density at radius 1 is 0.297 bits per heavy atom. The van der Waals surface area contributed by atoms with Crippen molar-refractivity contribution in [3.8, 4) is 56.4 Å². The maximum absolute atomic E-state index is 5.18. The molecular formula is C59H38N4S. The summed E-state index contributed by atoms with van der Waals surface area (Å²) < 4.78 is 2.51. The van der Waals surface area contributed by atoms with Crippen molar-refractivity contribution in [2.75, 3.05) is 4.90 Å². The van der Waals surface area contributed by atoms with Crippen LogP contribution in [-0.4, -0.2) is 15.0 Å². The highest BCUT2D eigenvalue weighted by Crippen LogP contribution is 2.45. The summed E-state index contributed by atoms with van der Waals surface area (Å²) in [6, 6.07) is 81.8. The Morgan fingerprint density at radius 2 is 0.797 bits per heavy atom. The molecule has 0 N–H and O–H groups in total. The molecule has 0 aliphatic rings. The Labute approximate surface area is 375 Å². The summed E-state index contributed by atoms with van der Waals surface area (Å²) in [4.78, 5) is 17.7. The van der Waals surface area contributed by atoms with Gasteiger partial charge in [0.1, 0.15) is 0 Å². The Morgan fingerprint density at radius 3 is 1.53 bits per heavy atom. The van der Waals surface area contributed by atoms with Gasteiger partial charge >= 0.3 is 0 Å². The van der Waals surface area contributed by atoms with E-state index in [-0.39, 0.29) is 0 Å². The second kappa shape index (κ2) is 15.9. The van der Waals surface area contributed by atoms with Crippen LogP contribution in [0, 0.1) is 0 Å². The van der Waals surface area contributed by atoms with Crippen LogP contribution in [0.2, 0.25) is 0 Å². The lowest BCUT2D eigenvalue weighted by Gasteiger charge is -2.26. The number of aromatic nitrogens is 3. The summed E-state index contributed by atoms with van der Waals surface area (Å²) in [6.07, 6.45) is 0. The van der Waals surface area contributed by atoms with Gasteiger partial charge in [-0.15, -0.1) is 11.3 Å². The minimum absolute atomic E-state index is 0.636. The first-order valence-electron chi connectivity index (χ1n) is 21.5. The highest BCUT2D eigenvalue weighted by molar-refractivity contribution is 7.26. The molecule has 0 radical (unpaired) electrons. The van der Waals surface area contributed by atoms with Gasteiger partial charge in [-0.25, -0.2) is 15.0 Å². The van der Waals surface area contributed by atoms with Gasteiger partial charge in [0.25, 0.3) is 0 Å². The Kier molecular flexibility index (Phi) is 9.32. The normalized spacial score (nSPS) is 11.4. The molecular weight excluding hydrogens is 797 g/mol. The Bertz CT molecular complexity index is 3640. The number of thiophene rings is 1. The van der Waals surface area contributed by atoms with E-state index < -0.39 is 0 Å². The van der Waals surface area contributed by atoms with Gasteiger partial charge < -0.3 is 4.90 Å². The number of fused-ring (bicyclic) bond motifs is 6. The van der Waals surface area contributed by atoms with Crippen molar-refractivity contribution in [2.45, 2.75) is 0 Å². The molecule has 0 saturated carbocycles. The van der Waals surface area contributed by atoms with Crippen LogP contribution >= 0.6 is 11.3 Å². The second-order valence-electron chi connectivity index (χ2n) is 16.0. The fraction of sp³-hybridized carbons (Fsp3) is 0. The molecule has 0 aliphatic heterocycles. The molecule has 0 spiro atoms. The average molecular weight is 835 g/mol. The number of benzene rings is 10. The summed E-state index contributed by atoms with van der Waals surface area (Å²) in [5, 5.41) is 7.29. The molecule has 5 heteroatoms. The fourth-order valence-corrected chi connectivity index (χ4v) is 10.1. The molecule has 10 aromatic carbocycles. The molecule has 12 aromatic rings. The number of anilines is 3. The van der Waals surface area contributed by atoms with Crippen LogP contribution < -0.4 is 4.90 Å². The highest BCUT2D eigenvalue weighted by Gasteiger charge is 2.19. The van der Waals surface area contributed by atoms with E-state index in [2.05, 4.69) is 211 Å². The third kappa shape index (κ3) is 6.85. The summed E-state index contributed by atoms with van der Waals surface area (Å²) >= 11 is 1.84. The highest BCUT2D eigenvalue weighted by atomic mass is 32.1. The quantitative estimate of drug-likeness (QED) is 0.153. The van der Waals surface area contributed by atoms with E-state index in [0.29, 0.717) is 17.5 Å². The zero-order valence-electron chi connectivity index (χ0n) is 34.6. The zero-order chi connectivity index (χ0) is 42.4. The van der Waals surface area contributed by atoms with Crippen LogP contribution in [0.3, 0.4) is 0 Å². The molecule has 2 aromatic heterocycles. The molecule has 0 fully saturated rings. The largest absolute Gasteiger partial charge is 0.310 e. The Hall–Kier alpha value is -8.25. The first kappa shape index (κ1) is 37.5. The lowest BCUT2D eigenvalue weighted by atomic mass is 9.94. The summed E-state index contributed by atoms with van der Waals surface area (Å²) in [5.41, 5.74) is 10.8. The van der Waals surface area contributed by atoms with E-state index in [1.54, 1.807) is 0 Å². The lowest BCUT2D eigenvalue weighted by molar-refractivity contribution is 1.07. The smallest absolute Gasteiger partial charge is 0.164 e. The van der Waals surface area contributed by atoms with Crippen molar-refractivity contribution in [2.24, 2.45) is 0 Å². The van der Waals surface area contributed by atoms with Crippen molar-refractivity contribution in [3.63, 3.8) is 0 Å². The molecule has 12 rings (SSSR count). The molecule has 0 amide bonds. The summed E-state index contributed by atoms with van der Waals surface area (Å²) in [5.74, 6) is 1.91. The summed E-state index contributed by atoms with van der Waals surface area (Å²) in [7, 11) is 0. The van der Waals surface area contributed by atoms with Gasteiger partial charge in [0.15, 0.2) is 17.5 Å². The average Bonchev–Trinajstić information content (AvgIpc) is 3.76. The van der Waals surface area contributed by atoms with Crippen LogP contribution in [0.4, 0.5) is 17.1 Å². The van der Waals surface area contributed by atoms with Crippen molar-refractivity contribution in [1.29, 1.82) is 0 Å². The topological polar surface area (TPSA) is 41.9 Å². The van der Waals surface area contributed by atoms with Crippen LogP contribution in [0.1, 0.15) is 0 Å². The van der Waals surface area contributed by atoms with Gasteiger partial charge in [0, 0.05) is 59.3 Å². The third-order valence-corrected chi connectivity index (χ3v) is 13.3. The molecule has 64 heavy (non-hydrogen) atoms. The van der Waals surface area contributed by atoms with Gasteiger partial charge in [0.2, 0.25) is 0 Å². The van der Waals surface area contributed by atoms with E-state index in [4.69, 9.17) is 15.0 Å². The maximum Gasteiger partial charge on any atom is 0.164 e. The molecule has 0 bridgehead atoms. The van der Waals surface area contributed by atoms with E-state index in [9.17, 15) is 0 Å². The van der Waals surface area contributed by atoms with Crippen molar-refractivity contribution in [3.05, 3.63) is 231 Å². The standard InChI is InChI=1S/C59H38N4S/c1-4-14-39(15-5-1)41-24-26-44(27-25-41)58-60-57(43-17-6-2-7-18-43)61-59(62-58)46-31-35-50-52(38-54-51-22-12-13-23-55(51)64-56(54)53(50)37-46)42-29-32-48(33-30-42)63(47-20-8-3-9-21-47)49-34-28-40-16-10-11-19-45(40)36-49/h1-38H. The zero-order valence-corrected chi connectivity index (χ0v) is 35.5. The number of rotatable bonds is 8. The van der Waals surface area contributed by atoms with Gasteiger partial charge in [-0.05, 0) is 93.0 Å². The number of nitrogens with zero attached hydrogens (tertiary/aromatic N) is 4. The number of hydrogen-bond acceptors (Lipinski definition) is 5. The molecule has 0 aliphatic carbocycles. The van der Waals surface area contributed by atoms with E-state index in [1.807, 2.05) is 35.6 Å². The van der Waals surface area contributed by atoms with E-state index in [0.717, 1.165) is 44.9 Å². The molecule has 0 unspecified atom stereocenters. The van der Waals surface area contributed by atoms with Crippen molar-refractivity contribution in [1.82, 2.24) is 15.0 Å². The van der Waals surface area contributed by atoms with Crippen LogP contribution in [0.25, 0.3) is 98.1 Å². The van der Waals surface area contributed by atoms with E-state index in [1.165, 1.54) is 52.8 Å². The first-order valence-corrected chi connectivity index (χ1v) is 22.3. The predicted octanol–water partition coefficient (Wildman–Crippen LogP) is 16.4. The minimum atomic E-state index is 0.636. The monoisotopic (exact) mass is 834 g/mol. The van der Waals surface area contributed by atoms with Crippen LogP contribution in [-0.2, 0) is 0 Å². The van der Waals surface area contributed by atoms with Crippen molar-refractivity contribution < 1.29 is 0 Å². The van der Waals surface area contributed by atoms with Crippen LogP contribution in [0.5, 0.6) is 0 Å². The number of hydrogen-bond donors (Lipinski definition) is 0. The second-order valence-corrected chi connectivity index (χ2v) is 17.1. The molecule has 0 saturated heterocycles. The molecule has 300 valence electrons. The van der Waals surface area contributed by atoms with E-state index >= 15 is 0 Å². The summed E-state index contributed by atoms with van der Waals surface area (Å²) in [6.45, 7) is 0. The van der Waals surface area contributed by atoms with Gasteiger partial charge in [0.05, 0.1) is 0 Å². The van der Waals surface area contributed by atoms with Gasteiger partial charge in [-0.1, -0.05) is 176 Å². The maximum atomic E-state index is 5.18. The van der Waals surface area contributed by atoms with Gasteiger partial charge in [-0.3, -0.25) is 0 Å². The minimum Gasteiger partial charge on any atom is -0.310 e. The predicted molar refractivity (Wildman–Crippen MR) is 270 cm³/mol. The number of para-hydroxylation sites is 1. The Balaban J connectivity index is 0.996. The fourth-order valence-electron chi connectivity index (χ4n) is 8.90. The van der Waals surface area contributed by atoms with Crippen molar-refractivity contribution >= 4 is 70.1 Å². The molecule has 4 nitrogen and oxygen atoms in total. The molecule has 2 heterocycles. The molecule has 0 atom stereocenters.